The lowest BCUT2D eigenvalue weighted by molar-refractivity contribution is -0.120. The Morgan fingerprint density at radius 2 is 2.21 bits per heavy atom. The van der Waals surface area contributed by atoms with Gasteiger partial charge in [-0.1, -0.05) is 12.1 Å². The van der Waals surface area contributed by atoms with Crippen molar-refractivity contribution in [3.05, 3.63) is 29.8 Å². The first kappa shape index (κ1) is 15.5. The van der Waals surface area contributed by atoms with Crippen LogP contribution in [0.3, 0.4) is 0 Å². The predicted octanol–water partition coefficient (Wildman–Crippen LogP) is 0.324. The molecule has 0 spiro atoms. The molecule has 0 heterocycles. The third-order valence-electron chi connectivity index (χ3n) is 2.56. The van der Waals surface area contributed by atoms with Crippen LogP contribution in [-0.2, 0) is 11.2 Å². The Morgan fingerprint density at radius 1 is 1.42 bits per heavy atom. The fourth-order valence-electron chi connectivity index (χ4n) is 1.63. The van der Waals surface area contributed by atoms with E-state index in [9.17, 15) is 4.79 Å². The molecule has 5 heteroatoms. The van der Waals surface area contributed by atoms with Crippen LogP contribution in [0.25, 0.3) is 0 Å². The molecule has 0 radical (unpaired) electrons. The van der Waals surface area contributed by atoms with Gasteiger partial charge < -0.3 is 20.5 Å². The summed E-state index contributed by atoms with van der Waals surface area (Å²) in [6.45, 7) is 3.45. The summed E-state index contributed by atoms with van der Waals surface area (Å²) < 4.78 is 5.11. The standard InChI is InChI=1S/C14H22N2O3/c1-11(17)10-15-6-7-16-14(18)9-12-4-3-5-13(8-12)19-2/h3-5,8,11,15,17H,6-7,9-10H2,1-2H3,(H,16,18). The molecule has 5 nitrogen and oxygen atoms in total. The molecule has 106 valence electrons. The largest absolute Gasteiger partial charge is 0.497 e. The molecule has 0 saturated carbocycles. The van der Waals surface area contributed by atoms with Crippen LogP contribution in [0.2, 0.25) is 0 Å². The SMILES string of the molecule is COc1cccc(CC(=O)NCCNCC(C)O)c1. The monoisotopic (exact) mass is 266 g/mol. The van der Waals surface area contributed by atoms with Gasteiger partial charge in [0.1, 0.15) is 5.75 Å². The minimum atomic E-state index is -0.368. The lowest BCUT2D eigenvalue weighted by atomic mass is 10.1. The zero-order chi connectivity index (χ0) is 14.1. The quantitative estimate of drug-likeness (QED) is 0.593. The van der Waals surface area contributed by atoms with Gasteiger partial charge in [0, 0.05) is 19.6 Å². The van der Waals surface area contributed by atoms with E-state index in [1.54, 1.807) is 14.0 Å². The Bertz CT molecular complexity index is 394. The van der Waals surface area contributed by atoms with Crippen LogP contribution in [0.15, 0.2) is 24.3 Å². The van der Waals surface area contributed by atoms with Crippen molar-refractivity contribution in [2.24, 2.45) is 0 Å². The number of ether oxygens (including phenoxy) is 1. The summed E-state index contributed by atoms with van der Waals surface area (Å²) in [5.74, 6) is 0.732. The molecular formula is C14H22N2O3. The molecule has 3 N–H and O–H groups in total. The molecule has 1 rings (SSSR count). The summed E-state index contributed by atoms with van der Waals surface area (Å²) in [6.07, 6.45) is -0.0272. The van der Waals surface area contributed by atoms with Crippen molar-refractivity contribution in [3.8, 4) is 5.75 Å². The number of methoxy groups -OCH3 is 1. The third kappa shape index (κ3) is 6.79. The Morgan fingerprint density at radius 3 is 2.89 bits per heavy atom. The van der Waals surface area contributed by atoms with Gasteiger partial charge in [-0.25, -0.2) is 0 Å². The van der Waals surface area contributed by atoms with E-state index in [4.69, 9.17) is 9.84 Å². The first-order chi connectivity index (χ1) is 9.11. The fourth-order valence-corrected chi connectivity index (χ4v) is 1.63. The number of benzene rings is 1. The van der Waals surface area contributed by atoms with Crippen molar-refractivity contribution in [3.63, 3.8) is 0 Å². The minimum Gasteiger partial charge on any atom is -0.497 e. The first-order valence-corrected chi connectivity index (χ1v) is 6.40. The number of amides is 1. The van der Waals surface area contributed by atoms with Crippen molar-refractivity contribution < 1.29 is 14.6 Å². The van der Waals surface area contributed by atoms with Gasteiger partial charge in [0.15, 0.2) is 0 Å². The Hall–Kier alpha value is -1.59. The number of aliphatic hydroxyl groups excluding tert-OH is 1. The van der Waals surface area contributed by atoms with Crippen LogP contribution in [0.5, 0.6) is 5.75 Å². The lowest BCUT2D eigenvalue weighted by Gasteiger charge is -2.08. The van der Waals surface area contributed by atoms with E-state index in [0.29, 0.717) is 26.1 Å². The van der Waals surface area contributed by atoms with Crippen molar-refractivity contribution in [1.29, 1.82) is 0 Å². The first-order valence-electron chi connectivity index (χ1n) is 6.40. The third-order valence-corrected chi connectivity index (χ3v) is 2.56. The summed E-state index contributed by atoms with van der Waals surface area (Å²) in [4.78, 5) is 11.7. The van der Waals surface area contributed by atoms with E-state index in [1.807, 2.05) is 24.3 Å². The van der Waals surface area contributed by atoms with Crippen LogP contribution in [0.1, 0.15) is 12.5 Å². The molecular weight excluding hydrogens is 244 g/mol. The highest BCUT2D eigenvalue weighted by Crippen LogP contribution is 2.12. The van der Waals surface area contributed by atoms with Gasteiger partial charge in [-0.3, -0.25) is 4.79 Å². The summed E-state index contributed by atoms with van der Waals surface area (Å²) in [6, 6.07) is 7.46. The predicted molar refractivity (Wildman–Crippen MR) is 74.3 cm³/mol. The highest BCUT2D eigenvalue weighted by Gasteiger charge is 2.03. The molecule has 0 bridgehead atoms. The van der Waals surface area contributed by atoms with Crippen LogP contribution in [0, 0.1) is 0 Å². The maximum absolute atomic E-state index is 11.7. The smallest absolute Gasteiger partial charge is 0.224 e. The van der Waals surface area contributed by atoms with Crippen LogP contribution < -0.4 is 15.4 Å². The van der Waals surface area contributed by atoms with Crippen molar-refractivity contribution in [2.45, 2.75) is 19.4 Å². The number of hydrogen-bond acceptors (Lipinski definition) is 4. The van der Waals surface area contributed by atoms with Crippen molar-refractivity contribution >= 4 is 5.91 Å². The number of carbonyl (C=O) groups is 1. The molecule has 0 aliphatic heterocycles. The molecule has 0 aliphatic carbocycles. The Balaban J connectivity index is 2.23. The molecule has 0 fully saturated rings. The average molecular weight is 266 g/mol. The average Bonchev–Trinajstić information content (AvgIpc) is 2.38. The normalized spacial score (nSPS) is 11.9. The fraction of sp³-hybridized carbons (Fsp3) is 0.500. The zero-order valence-electron chi connectivity index (χ0n) is 11.5. The number of carbonyl (C=O) groups excluding carboxylic acids is 1. The van der Waals surface area contributed by atoms with Crippen molar-refractivity contribution in [1.82, 2.24) is 10.6 Å². The number of aliphatic hydroxyl groups is 1. The van der Waals surface area contributed by atoms with Crippen LogP contribution in [-0.4, -0.2) is 43.9 Å². The maximum atomic E-state index is 11.7. The summed E-state index contributed by atoms with van der Waals surface area (Å²) in [7, 11) is 1.60. The van der Waals surface area contributed by atoms with Gasteiger partial charge in [-0.15, -0.1) is 0 Å². The molecule has 0 aromatic heterocycles. The molecule has 1 aromatic rings. The van der Waals surface area contributed by atoms with E-state index in [2.05, 4.69) is 10.6 Å². The van der Waals surface area contributed by atoms with E-state index < -0.39 is 0 Å². The summed E-state index contributed by atoms with van der Waals surface area (Å²) in [5.41, 5.74) is 0.925. The topological polar surface area (TPSA) is 70.6 Å². The van der Waals surface area contributed by atoms with E-state index >= 15 is 0 Å². The second kappa shape index (κ2) is 8.50. The highest BCUT2D eigenvalue weighted by molar-refractivity contribution is 5.78. The van der Waals surface area contributed by atoms with Crippen molar-refractivity contribution in [2.75, 3.05) is 26.7 Å². The second-order valence-corrected chi connectivity index (χ2v) is 4.43. The van der Waals surface area contributed by atoms with Gasteiger partial charge in [0.2, 0.25) is 5.91 Å². The molecule has 0 saturated heterocycles. The second-order valence-electron chi connectivity index (χ2n) is 4.43. The molecule has 1 aromatic carbocycles. The molecule has 1 unspecified atom stereocenters. The molecule has 1 atom stereocenters. The van der Waals surface area contributed by atoms with Crippen LogP contribution >= 0.6 is 0 Å². The minimum absolute atomic E-state index is 0.0212. The number of rotatable bonds is 8. The molecule has 0 aliphatic rings. The number of hydrogen-bond donors (Lipinski definition) is 3. The van der Waals surface area contributed by atoms with Gasteiger partial charge in [0.05, 0.1) is 19.6 Å². The molecule has 1 amide bonds. The van der Waals surface area contributed by atoms with E-state index in [1.165, 1.54) is 0 Å². The summed E-state index contributed by atoms with van der Waals surface area (Å²) in [5, 5.41) is 14.9. The Kier molecular flexibility index (Phi) is 6.92. The molecule has 19 heavy (non-hydrogen) atoms. The summed E-state index contributed by atoms with van der Waals surface area (Å²) >= 11 is 0. The van der Waals surface area contributed by atoms with E-state index in [0.717, 1.165) is 11.3 Å². The maximum Gasteiger partial charge on any atom is 0.224 e. The van der Waals surface area contributed by atoms with Gasteiger partial charge in [-0.05, 0) is 24.6 Å². The number of nitrogens with one attached hydrogen (secondary N) is 2. The van der Waals surface area contributed by atoms with Crippen LogP contribution in [0.4, 0.5) is 0 Å². The highest BCUT2D eigenvalue weighted by atomic mass is 16.5. The lowest BCUT2D eigenvalue weighted by Crippen LogP contribution is -2.35. The Labute approximate surface area is 114 Å². The zero-order valence-corrected chi connectivity index (χ0v) is 11.5. The van der Waals surface area contributed by atoms with Gasteiger partial charge in [-0.2, -0.15) is 0 Å². The van der Waals surface area contributed by atoms with Gasteiger partial charge in [0.25, 0.3) is 0 Å². The van der Waals surface area contributed by atoms with E-state index in [-0.39, 0.29) is 12.0 Å². The van der Waals surface area contributed by atoms with Gasteiger partial charge >= 0.3 is 0 Å².